The van der Waals surface area contributed by atoms with E-state index in [1.165, 1.54) is 24.5 Å². The number of pyridine rings is 2. The lowest BCUT2D eigenvalue weighted by Gasteiger charge is -2.40. The zero-order valence-electron chi connectivity index (χ0n) is 34.0. The second-order valence-electron chi connectivity index (χ2n) is 15.6. The first-order chi connectivity index (χ1) is 27.4. The highest BCUT2D eigenvalue weighted by molar-refractivity contribution is 5.73. The monoisotopic (exact) mass is 778 g/mol. The number of hydrogen-bond donors (Lipinski definition) is 3. The number of nitrogens with zero attached hydrogens (tertiary/aromatic N) is 3. The average molecular weight is 779 g/mol. The van der Waals surface area contributed by atoms with E-state index in [1.807, 2.05) is 57.4 Å². The van der Waals surface area contributed by atoms with Crippen LogP contribution >= 0.6 is 0 Å². The highest BCUT2D eigenvalue weighted by atomic mass is 16.6. The third kappa shape index (κ3) is 14.5. The molecule has 0 unspecified atom stereocenters. The van der Waals surface area contributed by atoms with Crippen LogP contribution in [0.2, 0.25) is 0 Å². The Morgan fingerprint density at radius 3 is 1.70 bits per heavy atom. The third-order valence-electron chi connectivity index (χ3n) is 9.57. The summed E-state index contributed by atoms with van der Waals surface area (Å²) in [6.07, 6.45) is 12.6. The van der Waals surface area contributed by atoms with E-state index in [2.05, 4.69) is 62.3 Å². The number of carbonyl (C=O) groups excluding carboxylic acids is 3. The van der Waals surface area contributed by atoms with Crippen LogP contribution in [0, 0.1) is 0 Å². The van der Waals surface area contributed by atoms with Crippen molar-refractivity contribution in [1.29, 1.82) is 0 Å². The van der Waals surface area contributed by atoms with Gasteiger partial charge in [-0.05, 0) is 100 Å². The first-order valence-electron chi connectivity index (χ1n) is 20.0. The fraction of sp³-hybridized carbons (Fsp3) is 0.444. The largest absolute Gasteiger partial charge is 0.490 e. The summed E-state index contributed by atoms with van der Waals surface area (Å²) < 4.78 is 17.3. The zero-order valence-corrected chi connectivity index (χ0v) is 34.0. The molecule has 0 bridgehead atoms. The maximum absolute atomic E-state index is 12.3. The summed E-state index contributed by atoms with van der Waals surface area (Å²) in [6.45, 7) is 12.9. The lowest BCUT2D eigenvalue weighted by molar-refractivity contribution is -0.119. The van der Waals surface area contributed by atoms with Gasteiger partial charge in [0, 0.05) is 63.0 Å². The van der Waals surface area contributed by atoms with E-state index in [0.29, 0.717) is 44.6 Å². The van der Waals surface area contributed by atoms with Crippen LogP contribution in [-0.2, 0) is 27.2 Å². The van der Waals surface area contributed by atoms with Crippen molar-refractivity contribution in [2.24, 2.45) is 0 Å². The average Bonchev–Trinajstić information content (AvgIpc) is 3.14. The van der Waals surface area contributed by atoms with E-state index in [1.54, 1.807) is 24.2 Å². The van der Waals surface area contributed by atoms with Gasteiger partial charge in [-0.15, -0.1) is 0 Å². The summed E-state index contributed by atoms with van der Waals surface area (Å²) in [7, 11) is 0. The zero-order chi connectivity index (χ0) is 40.6. The fourth-order valence-corrected chi connectivity index (χ4v) is 6.29. The van der Waals surface area contributed by atoms with E-state index in [0.717, 1.165) is 66.7 Å². The molecule has 57 heavy (non-hydrogen) atoms. The number of carbonyl (C=O) groups is 3. The quantitative estimate of drug-likeness (QED) is 0.105. The van der Waals surface area contributed by atoms with Crippen LogP contribution < -0.4 is 25.4 Å². The van der Waals surface area contributed by atoms with Gasteiger partial charge in [0.25, 0.3) is 0 Å². The molecule has 12 heteroatoms. The normalized spacial score (nSPS) is 15.8. The molecule has 0 saturated carbocycles. The van der Waals surface area contributed by atoms with Gasteiger partial charge in [0.1, 0.15) is 30.3 Å². The number of rotatable bonds is 16. The molecule has 2 fully saturated rings. The van der Waals surface area contributed by atoms with Gasteiger partial charge in [0.2, 0.25) is 11.8 Å². The van der Waals surface area contributed by atoms with Gasteiger partial charge in [0.05, 0.1) is 18.4 Å². The summed E-state index contributed by atoms with van der Waals surface area (Å²) in [6, 6.07) is 21.3. The van der Waals surface area contributed by atoms with E-state index < -0.39 is 5.60 Å². The number of hydrogen-bond acceptors (Lipinski definition) is 9. The molecule has 2 atom stereocenters. The molecule has 2 aromatic carbocycles. The summed E-state index contributed by atoms with van der Waals surface area (Å²) in [5.41, 5.74) is 6.20. The molecule has 0 radical (unpaired) electrons. The lowest BCUT2D eigenvalue weighted by Crippen LogP contribution is -2.55. The van der Waals surface area contributed by atoms with Crippen LogP contribution in [0.25, 0.3) is 22.3 Å². The Morgan fingerprint density at radius 2 is 1.26 bits per heavy atom. The molecule has 6 rings (SSSR count). The van der Waals surface area contributed by atoms with Gasteiger partial charge in [-0.25, -0.2) is 4.79 Å². The molecule has 2 aliphatic heterocycles. The smallest absolute Gasteiger partial charge is 0.410 e. The minimum absolute atomic E-state index is 0.00208. The Balaban J connectivity index is 0.000000224. The summed E-state index contributed by atoms with van der Waals surface area (Å²) >= 11 is 0. The van der Waals surface area contributed by atoms with Gasteiger partial charge >= 0.3 is 6.09 Å². The van der Waals surface area contributed by atoms with Gasteiger partial charge in [-0.3, -0.25) is 19.6 Å². The lowest BCUT2D eigenvalue weighted by atomic mass is 10.0. The van der Waals surface area contributed by atoms with Crippen molar-refractivity contribution in [2.45, 2.75) is 90.8 Å². The first kappa shape index (κ1) is 42.6. The Kier molecular flexibility index (Phi) is 15.8. The van der Waals surface area contributed by atoms with Crippen molar-refractivity contribution >= 4 is 17.9 Å². The summed E-state index contributed by atoms with van der Waals surface area (Å²) in [5, 5.41) is 8.99. The fourth-order valence-electron chi connectivity index (χ4n) is 6.29. The Bertz CT molecular complexity index is 1930. The van der Waals surface area contributed by atoms with E-state index in [4.69, 9.17) is 14.2 Å². The molecule has 304 valence electrons. The Morgan fingerprint density at radius 1 is 0.737 bits per heavy atom. The maximum Gasteiger partial charge on any atom is 0.410 e. The number of nitrogens with one attached hydrogen (secondary N) is 3. The number of aryl methyl sites for hydroxylation is 2. The molecule has 3 amide bonds. The van der Waals surface area contributed by atoms with Crippen LogP contribution in [0.1, 0.15) is 71.4 Å². The number of amides is 3. The standard InChI is InChI=1S/C25H33N3O4.C20H25N3O2/c1-18(29)27-11-6-8-19-7-5-9-20(13-19)21-14-23(16-26-15-21)31-17-22-10-12-28(22)24(30)32-25(2,3)4;1-15(24)22-8-3-5-16-4-2-6-17(10-16)18-11-20(13-21-12-18)25-14-19-7-9-23-19/h5,7,9,13-16,22H,6,8,10-12,17H2,1-4H3,(H,27,29);2,4,6,10-13,19,23H,3,5,7-9,14H2,1H3,(H,22,24)/t22-;19-/m00/s1. The molecule has 12 nitrogen and oxygen atoms in total. The van der Waals surface area contributed by atoms with Crippen LogP contribution in [0.15, 0.2) is 85.5 Å². The number of benzene rings is 2. The Labute approximate surface area is 337 Å². The summed E-state index contributed by atoms with van der Waals surface area (Å²) in [5.74, 6) is 1.50. The van der Waals surface area contributed by atoms with Gasteiger partial charge in [-0.1, -0.05) is 48.5 Å². The molecular weight excluding hydrogens is 721 g/mol. The van der Waals surface area contributed by atoms with Crippen molar-refractivity contribution in [3.63, 3.8) is 0 Å². The minimum atomic E-state index is -0.505. The molecule has 2 aromatic heterocycles. The molecule has 4 heterocycles. The predicted molar refractivity (Wildman–Crippen MR) is 222 cm³/mol. The van der Waals surface area contributed by atoms with Gasteiger partial charge in [-0.2, -0.15) is 0 Å². The topological polar surface area (TPSA) is 144 Å². The Hall–Kier alpha value is -5.49. The van der Waals surface area contributed by atoms with Gasteiger partial charge < -0.3 is 35.1 Å². The molecular formula is C45H58N6O6. The molecule has 4 aromatic rings. The highest BCUT2D eigenvalue weighted by Gasteiger charge is 2.35. The van der Waals surface area contributed by atoms with E-state index >= 15 is 0 Å². The van der Waals surface area contributed by atoms with Crippen LogP contribution in [0.5, 0.6) is 11.5 Å². The van der Waals surface area contributed by atoms with Crippen molar-refractivity contribution < 1.29 is 28.6 Å². The highest BCUT2D eigenvalue weighted by Crippen LogP contribution is 2.27. The SMILES string of the molecule is CC(=O)NCCCc1cccc(-c2cncc(OC[C@@H]3CCN3)c2)c1.CC(=O)NCCCc1cccc(-c2cncc(OC[C@@H]3CCN3C(=O)OC(C)(C)C)c2)c1. The van der Waals surface area contributed by atoms with Crippen LogP contribution in [0.4, 0.5) is 4.79 Å². The van der Waals surface area contributed by atoms with Gasteiger partial charge in [0.15, 0.2) is 0 Å². The molecule has 2 aliphatic rings. The summed E-state index contributed by atoms with van der Waals surface area (Å²) in [4.78, 5) is 44.5. The van der Waals surface area contributed by atoms with E-state index in [-0.39, 0.29) is 23.9 Å². The van der Waals surface area contributed by atoms with Crippen molar-refractivity contribution in [2.75, 3.05) is 39.4 Å². The maximum atomic E-state index is 12.3. The number of likely N-dealkylation sites (tertiary alicyclic amines) is 1. The molecule has 0 spiro atoms. The molecule has 0 aliphatic carbocycles. The first-order valence-corrected chi connectivity index (χ1v) is 20.0. The second kappa shape index (κ2) is 21.2. The van der Waals surface area contributed by atoms with Crippen molar-refractivity contribution in [1.82, 2.24) is 30.8 Å². The van der Waals surface area contributed by atoms with Crippen molar-refractivity contribution in [3.8, 4) is 33.8 Å². The molecule has 3 N–H and O–H groups in total. The second-order valence-corrected chi connectivity index (χ2v) is 15.6. The minimum Gasteiger partial charge on any atom is -0.490 e. The number of ether oxygens (including phenoxy) is 3. The number of aromatic nitrogens is 2. The molecule has 2 saturated heterocycles. The van der Waals surface area contributed by atoms with Crippen molar-refractivity contribution in [3.05, 3.63) is 96.6 Å². The predicted octanol–water partition coefficient (Wildman–Crippen LogP) is 6.76. The third-order valence-corrected chi connectivity index (χ3v) is 9.57. The van der Waals surface area contributed by atoms with E-state index in [9.17, 15) is 14.4 Å². The van der Waals surface area contributed by atoms with Crippen LogP contribution in [-0.4, -0.2) is 89.9 Å². The van der Waals surface area contributed by atoms with Crippen LogP contribution in [0.3, 0.4) is 0 Å².